The summed E-state index contributed by atoms with van der Waals surface area (Å²) < 4.78 is 31.6. The number of hydrogen-bond acceptors (Lipinski definition) is 2. The molecule has 0 radical (unpaired) electrons. The molecule has 1 aromatic rings. The van der Waals surface area contributed by atoms with Gasteiger partial charge in [-0.15, -0.1) is 0 Å². The monoisotopic (exact) mass is 344 g/mol. The Hall–Kier alpha value is -0.910. The molecule has 0 bridgehead atoms. The average Bonchev–Trinajstić information content (AvgIpc) is 2.48. The number of rotatable bonds is 10. The lowest BCUT2D eigenvalue weighted by Crippen LogP contribution is -1.95. The highest BCUT2D eigenvalue weighted by Crippen LogP contribution is 2.16. The first-order valence-electron chi connectivity index (χ1n) is 8.65. The first kappa shape index (κ1) is 22.1. The maximum Gasteiger partial charge on any atom is 0.394 e. The minimum absolute atomic E-state index is 1.28. The van der Waals surface area contributed by atoms with E-state index in [1.807, 2.05) is 0 Å². The normalized spacial score (nSPS) is 11.0. The topological polar surface area (TPSA) is 74.6 Å². The van der Waals surface area contributed by atoms with Crippen LogP contribution in [0.15, 0.2) is 24.3 Å². The van der Waals surface area contributed by atoms with Crippen LogP contribution in [0.1, 0.15) is 76.3 Å². The van der Waals surface area contributed by atoms with Crippen LogP contribution in [-0.4, -0.2) is 17.5 Å². The van der Waals surface area contributed by atoms with Crippen LogP contribution in [0.2, 0.25) is 0 Å². The van der Waals surface area contributed by atoms with Gasteiger partial charge in [0, 0.05) is 0 Å². The van der Waals surface area contributed by atoms with E-state index in [4.69, 9.17) is 17.5 Å². The molecule has 0 unspecified atom stereocenters. The molecule has 0 aliphatic heterocycles. The van der Waals surface area contributed by atoms with Crippen LogP contribution in [0.3, 0.4) is 0 Å². The van der Waals surface area contributed by atoms with Crippen molar-refractivity contribution >= 4 is 10.4 Å². The van der Waals surface area contributed by atoms with Gasteiger partial charge in [-0.2, -0.15) is 8.42 Å². The Morgan fingerprint density at radius 3 is 1.39 bits per heavy atom. The highest BCUT2D eigenvalue weighted by atomic mass is 32.3. The Bertz CT molecular complexity index is 458. The molecule has 0 heterocycles. The van der Waals surface area contributed by atoms with E-state index in [0.717, 1.165) is 0 Å². The molecule has 2 N–H and O–H groups in total. The average molecular weight is 345 g/mol. The van der Waals surface area contributed by atoms with Crippen LogP contribution in [0.5, 0.6) is 0 Å². The van der Waals surface area contributed by atoms with E-state index in [0.29, 0.717) is 0 Å². The molecule has 134 valence electrons. The quantitative estimate of drug-likeness (QED) is 0.447. The Labute approximate surface area is 141 Å². The summed E-state index contributed by atoms with van der Waals surface area (Å²) >= 11 is 0. The van der Waals surface area contributed by atoms with Crippen LogP contribution in [0.25, 0.3) is 0 Å². The van der Waals surface area contributed by atoms with Crippen molar-refractivity contribution in [1.82, 2.24) is 0 Å². The molecule has 0 aliphatic rings. The van der Waals surface area contributed by atoms with Gasteiger partial charge >= 0.3 is 10.4 Å². The largest absolute Gasteiger partial charge is 0.394 e. The molecule has 23 heavy (non-hydrogen) atoms. The van der Waals surface area contributed by atoms with Crippen molar-refractivity contribution in [2.24, 2.45) is 0 Å². The standard InChI is InChI=1S/C18H30.H2O4S/c1-3-5-7-9-13-17-15-11-12-16-18(17)14-10-8-6-4-2;1-5(2,3)4/h11-12,15-16H,3-10,13-14H2,1-2H3;(H2,1,2,3,4). The highest BCUT2D eigenvalue weighted by Gasteiger charge is 2.01. The van der Waals surface area contributed by atoms with Gasteiger partial charge in [0.05, 0.1) is 0 Å². The minimum atomic E-state index is -4.67. The summed E-state index contributed by atoms with van der Waals surface area (Å²) in [4.78, 5) is 0. The molecular formula is C18H32O4S. The zero-order valence-electron chi connectivity index (χ0n) is 14.5. The third-order valence-corrected chi connectivity index (χ3v) is 3.72. The van der Waals surface area contributed by atoms with E-state index in [9.17, 15) is 0 Å². The lowest BCUT2D eigenvalue weighted by atomic mass is 9.97. The summed E-state index contributed by atoms with van der Waals surface area (Å²) in [6.45, 7) is 4.56. The van der Waals surface area contributed by atoms with Crippen molar-refractivity contribution in [3.05, 3.63) is 35.4 Å². The van der Waals surface area contributed by atoms with Crippen molar-refractivity contribution < 1.29 is 17.5 Å². The van der Waals surface area contributed by atoms with Gasteiger partial charge in [-0.25, -0.2) is 0 Å². The molecule has 0 saturated carbocycles. The molecule has 0 aliphatic carbocycles. The minimum Gasteiger partial charge on any atom is -0.264 e. The van der Waals surface area contributed by atoms with E-state index < -0.39 is 10.4 Å². The zero-order chi connectivity index (χ0) is 17.6. The van der Waals surface area contributed by atoms with Gasteiger partial charge < -0.3 is 0 Å². The summed E-state index contributed by atoms with van der Waals surface area (Å²) in [5, 5.41) is 0. The SMILES string of the molecule is CCCCCCc1ccccc1CCCCCC.O=S(=O)(O)O. The molecule has 1 rings (SSSR count). The van der Waals surface area contributed by atoms with Gasteiger partial charge in [-0.05, 0) is 36.8 Å². The second kappa shape index (κ2) is 13.5. The van der Waals surface area contributed by atoms with Crippen molar-refractivity contribution in [3.63, 3.8) is 0 Å². The van der Waals surface area contributed by atoms with Crippen molar-refractivity contribution in [1.29, 1.82) is 0 Å². The maximum atomic E-state index is 8.74. The molecule has 5 heteroatoms. The van der Waals surface area contributed by atoms with Gasteiger partial charge in [-0.1, -0.05) is 76.6 Å². The molecule has 1 aromatic carbocycles. The molecule has 0 fully saturated rings. The lowest BCUT2D eigenvalue weighted by Gasteiger charge is -2.09. The molecular weight excluding hydrogens is 312 g/mol. The molecule has 4 nitrogen and oxygen atoms in total. The molecule has 0 spiro atoms. The fourth-order valence-corrected chi connectivity index (χ4v) is 2.53. The summed E-state index contributed by atoms with van der Waals surface area (Å²) in [6.07, 6.45) is 13.5. The molecule has 0 atom stereocenters. The van der Waals surface area contributed by atoms with Gasteiger partial charge in [-0.3, -0.25) is 9.11 Å². The first-order chi connectivity index (χ1) is 10.9. The van der Waals surface area contributed by atoms with Crippen molar-refractivity contribution in [2.75, 3.05) is 0 Å². The number of aryl methyl sites for hydroxylation is 2. The Kier molecular flexibility index (Phi) is 13.0. The van der Waals surface area contributed by atoms with Gasteiger partial charge in [0.15, 0.2) is 0 Å². The van der Waals surface area contributed by atoms with Crippen LogP contribution in [0.4, 0.5) is 0 Å². The van der Waals surface area contributed by atoms with E-state index in [1.165, 1.54) is 64.2 Å². The van der Waals surface area contributed by atoms with Crippen molar-refractivity contribution in [2.45, 2.75) is 78.1 Å². The van der Waals surface area contributed by atoms with Crippen LogP contribution < -0.4 is 0 Å². The summed E-state index contributed by atoms with van der Waals surface area (Å²) in [6, 6.07) is 9.07. The Balaban J connectivity index is 0.000000841. The predicted molar refractivity (Wildman–Crippen MR) is 96.3 cm³/mol. The number of unbranched alkanes of at least 4 members (excludes halogenated alkanes) is 6. The van der Waals surface area contributed by atoms with Crippen LogP contribution >= 0.6 is 0 Å². The van der Waals surface area contributed by atoms with Gasteiger partial charge in [0.1, 0.15) is 0 Å². The third kappa shape index (κ3) is 15.8. The zero-order valence-corrected chi connectivity index (χ0v) is 15.3. The van der Waals surface area contributed by atoms with Gasteiger partial charge in [0.2, 0.25) is 0 Å². The molecule has 0 amide bonds. The van der Waals surface area contributed by atoms with E-state index >= 15 is 0 Å². The maximum absolute atomic E-state index is 8.74. The molecule has 0 aromatic heterocycles. The first-order valence-corrected chi connectivity index (χ1v) is 10.0. The van der Waals surface area contributed by atoms with Crippen LogP contribution in [-0.2, 0) is 23.2 Å². The van der Waals surface area contributed by atoms with Gasteiger partial charge in [0.25, 0.3) is 0 Å². The number of hydrogen-bond donors (Lipinski definition) is 2. The summed E-state index contributed by atoms with van der Waals surface area (Å²) in [5.41, 5.74) is 3.20. The fourth-order valence-electron chi connectivity index (χ4n) is 2.53. The summed E-state index contributed by atoms with van der Waals surface area (Å²) in [7, 11) is -4.67. The third-order valence-electron chi connectivity index (χ3n) is 3.72. The van der Waals surface area contributed by atoms with E-state index in [2.05, 4.69) is 38.1 Å². The van der Waals surface area contributed by atoms with E-state index in [1.54, 1.807) is 11.1 Å². The smallest absolute Gasteiger partial charge is 0.264 e. The summed E-state index contributed by atoms with van der Waals surface area (Å²) in [5.74, 6) is 0. The lowest BCUT2D eigenvalue weighted by molar-refractivity contribution is 0.381. The van der Waals surface area contributed by atoms with Crippen molar-refractivity contribution in [3.8, 4) is 0 Å². The second-order valence-corrected chi connectivity index (χ2v) is 6.73. The Morgan fingerprint density at radius 1 is 0.739 bits per heavy atom. The Morgan fingerprint density at radius 2 is 1.09 bits per heavy atom. The predicted octanol–water partition coefficient (Wildman–Crippen LogP) is 5.28. The van der Waals surface area contributed by atoms with Crippen LogP contribution in [0, 0.1) is 0 Å². The number of benzene rings is 1. The second-order valence-electron chi connectivity index (χ2n) is 5.84. The highest BCUT2D eigenvalue weighted by molar-refractivity contribution is 7.79. The van der Waals surface area contributed by atoms with E-state index in [-0.39, 0.29) is 0 Å². The fraction of sp³-hybridized carbons (Fsp3) is 0.667. The molecule has 0 saturated heterocycles.